The molecular formula is C18H25N3O2. The number of hydrogen-bond acceptors (Lipinski definition) is 3. The fourth-order valence-electron chi connectivity index (χ4n) is 2.94. The summed E-state index contributed by atoms with van der Waals surface area (Å²) in [5.41, 5.74) is 2.08. The Hall–Kier alpha value is -2.01. The summed E-state index contributed by atoms with van der Waals surface area (Å²) in [5, 5.41) is 1.25. The second kappa shape index (κ2) is 6.24. The number of H-pyrrole nitrogens is 1. The first-order chi connectivity index (χ1) is 10.9. The number of carbonyl (C=O) groups excluding carboxylic acids is 1. The molecule has 124 valence electrons. The van der Waals surface area contributed by atoms with Gasteiger partial charge in [0.1, 0.15) is 5.60 Å². The molecule has 1 fully saturated rings. The molecule has 5 heteroatoms. The van der Waals surface area contributed by atoms with Crippen LogP contribution in [0.1, 0.15) is 26.3 Å². The molecule has 1 aromatic heterocycles. The number of amides is 1. The maximum absolute atomic E-state index is 12.1. The number of nitrogens with zero attached hydrogens (tertiary/aromatic N) is 2. The van der Waals surface area contributed by atoms with E-state index in [-0.39, 0.29) is 6.09 Å². The Labute approximate surface area is 137 Å². The lowest BCUT2D eigenvalue weighted by atomic mass is 10.1. The highest BCUT2D eigenvalue weighted by Crippen LogP contribution is 2.19. The maximum atomic E-state index is 12.1. The summed E-state index contributed by atoms with van der Waals surface area (Å²) in [5.74, 6) is 0. The number of para-hydroxylation sites is 1. The lowest BCUT2D eigenvalue weighted by Crippen LogP contribution is -2.49. The van der Waals surface area contributed by atoms with Gasteiger partial charge in [0.25, 0.3) is 0 Å². The Kier molecular flexibility index (Phi) is 4.31. The van der Waals surface area contributed by atoms with Crippen molar-refractivity contribution in [3.05, 3.63) is 36.0 Å². The Morgan fingerprint density at radius 1 is 1.17 bits per heavy atom. The maximum Gasteiger partial charge on any atom is 0.410 e. The number of carbonyl (C=O) groups is 1. The molecule has 0 aliphatic carbocycles. The molecule has 0 saturated carbocycles. The van der Waals surface area contributed by atoms with Crippen molar-refractivity contribution in [1.82, 2.24) is 14.8 Å². The molecular weight excluding hydrogens is 290 g/mol. The van der Waals surface area contributed by atoms with Gasteiger partial charge < -0.3 is 14.6 Å². The van der Waals surface area contributed by atoms with E-state index in [0.717, 1.165) is 32.7 Å². The van der Waals surface area contributed by atoms with Crippen LogP contribution in [0.5, 0.6) is 0 Å². The molecule has 3 rings (SSSR count). The van der Waals surface area contributed by atoms with E-state index >= 15 is 0 Å². The van der Waals surface area contributed by atoms with Crippen molar-refractivity contribution < 1.29 is 9.53 Å². The first kappa shape index (κ1) is 15.9. The zero-order valence-corrected chi connectivity index (χ0v) is 14.1. The standard InChI is InChI=1S/C18H25N3O2/c1-18(2,3)23-17(22)21-11-9-20(10-12-21)13-15-6-4-5-14-7-8-19-16(14)15/h4-8,19H,9-13H2,1-3H3. The quantitative estimate of drug-likeness (QED) is 0.925. The summed E-state index contributed by atoms with van der Waals surface area (Å²) in [7, 11) is 0. The monoisotopic (exact) mass is 315 g/mol. The topological polar surface area (TPSA) is 48.6 Å². The van der Waals surface area contributed by atoms with Crippen molar-refractivity contribution in [2.75, 3.05) is 26.2 Å². The smallest absolute Gasteiger partial charge is 0.410 e. The van der Waals surface area contributed by atoms with Crippen LogP contribution in [0.3, 0.4) is 0 Å². The van der Waals surface area contributed by atoms with E-state index < -0.39 is 5.60 Å². The highest BCUT2D eigenvalue weighted by molar-refractivity contribution is 5.82. The van der Waals surface area contributed by atoms with Crippen molar-refractivity contribution in [2.24, 2.45) is 0 Å². The molecule has 0 atom stereocenters. The molecule has 1 N–H and O–H groups in total. The lowest BCUT2D eigenvalue weighted by molar-refractivity contribution is 0.0139. The van der Waals surface area contributed by atoms with Crippen LogP contribution in [0.15, 0.2) is 30.5 Å². The average Bonchev–Trinajstić information content (AvgIpc) is 2.96. The average molecular weight is 315 g/mol. The van der Waals surface area contributed by atoms with Crippen LogP contribution in [0.2, 0.25) is 0 Å². The van der Waals surface area contributed by atoms with Gasteiger partial charge in [0.05, 0.1) is 0 Å². The number of fused-ring (bicyclic) bond motifs is 1. The minimum Gasteiger partial charge on any atom is -0.444 e. The Morgan fingerprint density at radius 2 is 1.91 bits per heavy atom. The molecule has 1 saturated heterocycles. The number of ether oxygens (including phenoxy) is 1. The van der Waals surface area contributed by atoms with Gasteiger partial charge in [-0.15, -0.1) is 0 Å². The summed E-state index contributed by atoms with van der Waals surface area (Å²) >= 11 is 0. The van der Waals surface area contributed by atoms with Gasteiger partial charge in [0.2, 0.25) is 0 Å². The predicted octanol–water partition coefficient (Wildman–Crippen LogP) is 3.22. The van der Waals surface area contributed by atoms with E-state index in [1.807, 2.05) is 27.0 Å². The Bertz CT molecular complexity index is 679. The molecule has 2 heterocycles. The van der Waals surface area contributed by atoms with Gasteiger partial charge >= 0.3 is 6.09 Å². The number of nitrogens with one attached hydrogen (secondary N) is 1. The van der Waals surface area contributed by atoms with E-state index in [4.69, 9.17) is 4.74 Å². The van der Waals surface area contributed by atoms with Crippen LogP contribution >= 0.6 is 0 Å². The fourth-order valence-corrected chi connectivity index (χ4v) is 2.94. The molecule has 1 aliphatic rings. The van der Waals surface area contributed by atoms with Crippen molar-refractivity contribution in [2.45, 2.75) is 32.9 Å². The second-order valence-electron chi connectivity index (χ2n) is 7.10. The van der Waals surface area contributed by atoms with Gasteiger partial charge in [-0.3, -0.25) is 4.90 Å². The largest absolute Gasteiger partial charge is 0.444 e. The van der Waals surface area contributed by atoms with Crippen molar-refractivity contribution in [3.8, 4) is 0 Å². The van der Waals surface area contributed by atoms with E-state index in [0.29, 0.717) is 0 Å². The highest BCUT2D eigenvalue weighted by atomic mass is 16.6. The summed E-state index contributed by atoms with van der Waals surface area (Å²) < 4.78 is 5.44. The van der Waals surface area contributed by atoms with E-state index in [9.17, 15) is 4.79 Å². The zero-order valence-electron chi connectivity index (χ0n) is 14.1. The van der Waals surface area contributed by atoms with Gasteiger partial charge in [-0.2, -0.15) is 0 Å². The minimum absolute atomic E-state index is 0.205. The Morgan fingerprint density at radius 3 is 2.61 bits per heavy atom. The first-order valence-corrected chi connectivity index (χ1v) is 8.18. The van der Waals surface area contributed by atoms with Crippen LogP contribution in [0.25, 0.3) is 10.9 Å². The molecule has 5 nitrogen and oxygen atoms in total. The Balaban J connectivity index is 1.57. The highest BCUT2D eigenvalue weighted by Gasteiger charge is 2.25. The van der Waals surface area contributed by atoms with Crippen LogP contribution in [0, 0.1) is 0 Å². The molecule has 0 bridgehead atoms. The summed E-state index contributed by atoms with van der Waals surface area (Å²) in [4.78, 5) is 19.6. The van der Waals surface area contributed by atoms with Crippen molar-refractivity contribution >= 4 is 17.0 Å². The predicted molar refractivity (Wildman–Crippen MR) is 91.4 cm³/mol. The minimum atomic E-state index is -0.433. The number of aromatic nitrogens is 1. The molecule has 0 radical (unpaired) electrons. The molecule has 0 spiro atoms. The number of aromatic amines is 1. The van der Waals surface area contributed by atoms with Gasteiger partial charge in [-0.05, 0) is 37.8 Å². The van der Waals surface area contributed by atoms with E-state index in [1.54, 1.807) is 4.90 Å². The van der Waals surface area contributed by atoms with Crippen molar-refractivity contribution in [1.29, 1.82) is 0 Å². The molecule has 1 amide bonds. The summed E-state index contributed by atoms with van der Waals surface area (Å²) in [6.07, 6.45) is 1.78. The number of benzene rings is 1. The van der Waals surface area contributed by atoms with E-state index in [2.05, 4.69) is 34.1 Å². The van der Waals surface area contributed by atoms with Crippen LogP contribution < -0.4 is 0 Å². The first-order valence-electron chi connectivity index (χ1n) is 8.18. The van der Waals surface area contributed by atoms with Crippen LogP contribution in [-0.4, -0.2) is 52.7 Å². The van der Waals surface area contributed by atoms with E-state index in [1.165, 1.54) is 16.5 Å². The lowest BCUT2D eigenvalue weighted by Gasteiger charge is -2.35. The zero-order chi connectivity index (χ0) is 16.4. The molecule has 23 heavy (non-hydrogen) atoms. The number of rotatable bonds is 2. The third-order valence-electron chi connectivity index (χ3n) is 4.09. The van der Waals surface area contributed by atoms with Gasteiger partial charge in [-0.1, -0.05) is 18.2 Å². The van der Waals surface area contributed by atoms with Crippen LogP contribution in [0.4, 0.5) is 4.79 Å². The van der Waals surface area contributed by atoms with Gasteiger partial charge in [0.15, 0.2) is 0 Å². The molecule has 2 aromatic rings. The summed E-state index contributed by atoms with van der Waals surface area (Å²) in [6.45, 7) is 9.78. The normalized spacial score (nSPS) is 16.7. The fraction of sp³-hybridized carbons (Fsp3) is 0.500. The number of hydrogen-bond donors (Lipinski definition) is 1. The second-order valence-corrected chi connectivity index (χ2v) is 7.10. The molecule has 1 aliphatic heterocycles. The molecule has 1 aromatic carbocycles. The number of piperazine rings is 1. The third kappa shape index (κ3) is 3.85. The van der Waals surface area contributed by atoms with Gasteiger partial charge in [0, 0.05) is 44.4 Å². The van der Waals surface area contributed by atoms with Crippen molar-refractivity contribution in [3.63, 3.8) is 0 Å². The van der Waals surface area contributed by atoms with Gasteiger partial charge in [-0.25, -0.2) is 4.79 Å². The molecule has 0 unspecified atom stereocenters. The SMILES string of the molecule is CC(C)(C)OC(=O)N1CCN(Cc2cccc3cc[nH]c23)CC1. The summed E-state index contributed by atoms with van der Waals surface area (Å²) in [6, 6.07) is 8.48. The van der Waals surface area contributed by atoms with Crippen LogP contribution in [-0.2, 0) is 11.3 Å². The third-order valence-corrected chi connectivity index (χ3v) is 4.09.